The lowest BCUT2D eigenvalue weighted by molar-refractivity contribution is 1.01. The molecule has 0 radical (unpaired) electrons. The molecule has 0 unspecified atom stereocenters. The van der Waals surface area contributed by atoms with Crippen LogP contribution in [0.5, 0.6) is 0 Å². The summed E-state index contributed by atoms with van der Waals surface area (Å²) < 4.78 is 0. The first-order valence-electron chi connectivity index (χ1n) is 7.26. The third kappa shape index (κ3) is 2.62. The average molecular weight is 302 g/mol. The molecule has 4 rings (SSSR count). The molecule has 2 aromatic carbocycles. The third-order valence-corrected chi connectivity index (χ3v) is 3.58. The molecule has 2 heterocycles. The van der Waals surface area contributed by atoms with Crippen molar-refractivity contribution in [3.8, 4) is 0 Å². The minimum atomic E-state index is 0.354. The van der Waals surface area contributed by atoms with Crippen LogP contribution in [0.4, 0.5) is 5.95 Å². The summed E-state index contributed by atoms with van der Waals surface area (Å²) in [7, 11) is 0. The van der Waals surface area contributed by atoms with E-state index in [0.717, 1.165) is 22.0 Å². The monoisotopic (exact) mass is 302 g/mol. The van der Waals surface area contributed by atoms with E-state index in [4.69, 9.17) is 0 Å². The Labute approximate surface area is 132 Å². The smallest absolute Gasteiger partial charge is 0.265 e. The Kier molecular flexibility index (Phi) is 3.20. The summed E-state index contributed by atoms with van der Waals surface area (Å²) >= 11 is 0. The van der Waals surface area contributed by atoms with Crippen molar-refractivity contribution in [3.05, 3.63) is 59.7 Å². The van der Waals surface area contributed by atoms with Crippen LogP contribution in [0.15, 0.2) is 53.6 Å². The summed E-state index contributed by atoms with van der Waals surface area (Å²) in [4.78, 5) is 7.63. The van der Waals surface area contributed by atoms with Crippen molar-refractivity contribution >= 4 is 34.2 Å². The van der Waals surface area contributed by atoms with Gasteiger partial charge in [0.15, 0.2) is 5.65 Å². The van der Waals surface area contributed by atoms with Crippen molar-refractivity contribution in [2.75, 3.05) is 5.43 Å². The predicted molar refractivity (Wildman–Crippen MR) is 91.6 cm³/mol. The SMILES string of the molecule is Cc1ccc(/C=N\Nc2nnc3c(n2)[nH]c2ccccc23)cc1. The molecule has 0 fully saturated rings. The molecular weight excluding hydrogens is 288 g/mol. The van der Waals surface area contributed by atoms with E-state index in [2.05, 4.69) is 30.7 Å². The van der Waals surface area contributed by atoms with Crippen molar-refractivity contribution in [3.63, 3.8) is 0 Å². The van der Waals surface area contributed by atoms with Gasteiger partial charge in [0.1, 0.15) is 5.52 Å². The third-order valence-electron chi connectivity index (χ3n) is 3.58. The Bertz CT molecular complexity index is 1000. The van der Waals surface area contributed by atoms with E-state index in [1.54, 1.807) is 6.21 Å². The number of nitrogens with one attached hydrogen (secondary N) is 2. The lowest BCUT2D eigenvalue weighted by Gasteiger charge is -1.97. The normalized spacial score (nSPS) is 11.5. The number of para-hydroxylation sites is 1. The standard InChI is InChI=1S/C17H14N6/c1-11-6-8-12(9-7-11)10-18-22-17-20-16-15(21-23-17)13-4-2-3-5-14(13)19-16/h2-10H,1H3,(H2,19,20,22,23)/b18-10-. The van der Waals surface area contributed by atoms with Crippen LogP contribution >= 0.6 is 0 Å². The first kappa shape index (κ1) is 13.4. The highest BCUT2D eigenvalue weighted by Crippen LogP contribution is 2.21. The fraction of sp³-hybridized carbons (Fsp3) is 0.0588. The van der Waals surface area contributed by atoms with Crippen LogP contribution < -0.4 is 5.43 Å². The van der Waals surface area contributed by atoms with E-state index in [1.165, 1.54) is 5.56 Å². The maximum absolute atomic E-state index is 4.40. The summed E-state index contributed by atoms with van der Waals surface area (Å²) in [6.45, 7) is 2.05. The molecule has 0 atom stereocenters. The van der Waals surface area contributed by atoms with Gasteiger partial charge in [-0.3, -0.25) is 0 Å². The van der Waals surface area contributed by atoms with Gasteiger partial charge in [-0.1, -0.05) is 48.0 Å². The summed E-state index contributed by atoms with van der Waals surface area (Å²) in [5, 5.41) is 13.5. The maximum atomic E-state index is 4.40. The topological polar surface area (TPSA) is 78.8 Å². The highest BCUT2D eigenvalue weighted by Gasteiger charge is 2.07. The van der Waals surface area contributed by atoms with Crippen LogP contribution in [0, 0.1) is 6.92 Å². The summed E-state index contributed by atoms with van der Waals surface area (Å²) in [5.74, 6) is 0.354. The molecule has 0 amide bonds. The first-order chi connectivity index (χ1) is 11.3. The van der Waals surface area contributed by atoms with Gasteiger partial charge in [-0.25, -0.2) is 5.43 Å². The van der Waals surface area contributed by atoms with Crippen molar-refractivity contribution in [2.24, 2.45) is 5.10 Å². The van der Waals surface area contributed by atoms with E-state index in [0.29, 0.717) is 11.6 Å². The zero-order chi connectivity index (χ0) is 15.6. The maximum Gasteiger partial charge on any atom is 0.265 e. The molecule has 6 heteroatoms. The molecule has 0 bridgehead atoms. The van der Waals surface area contributed by atoms with Crippen LogP contribution in [0.25, 0.3) is 22.1 Å². The Hall–Kier alpha value is -3.28. The Morgan fingerprint density at radius 1 is 1.04 bits per heavy atom. The van der Waals surface area contributed by atoms with Gasteiger partial charge in [0.2, 0.25) is 0 Å². The number of fused-ring (bicyclic) bond motifs is 3. The number of aromatic amines is 1. The average Bonchev–Trinajstić information content (AvgIpc) is 2.94. The highest BCUT2D eigenvalue weighted by molar-refractivity contribution is 6.03. The van der Waals surface area contributed by atoms with E-state index < -0.39 is 0 Å². The fourth-order valence-corrected chi connectivity index (χ4v) is 2.39. The van der Waals surface area contributed by atoms with Gasteiger partial charge in [-0.15, -0.1) is 10.2 Å². The van der Waals surface area contributed by atoms with E-state index >= 15 is 0 Å². The summed E-state index contributed by atoms with van der Waals surface area (Å²) in [6.07, 6.45) is 1.72. The Morgan fingerprint density at radius 3 is 2.74 bits per heavy atom. The van der Waals surface area contributed by atoms with Gasteiger partial charge < -0.3 is 4.98 Å². The largest absolute Gasteiger partial charge is 0.338 e. The minimum Gasteiger partial charge on any atom is -0.338 e. The first-order valence-corrected chi connectivity index (χ1v) is 7.26. The predicted octanol–water partition coefficient (Wildman–Crippen LogP) is 3.26. The number of nitrogens with zero attached hydrogens (tertiary/aromatic N) is 4. The van der Waals surface area contributed by atoms with Crippen LogP contribution in [-0.4, -0.2) is 26.4 Å². The highest BCUT2D eigenvalue weighted by atomic mass is 15.4. The van der Waals surface area contributed by atoms with Crippen LogP contribution in [-0.2, 0) is 0 Å². The molecule has 0 saturated heterocycles. The molecule has 23 heavy (non-hydrogen) atoms. The molecule has 0 aliphatic rings. The zero-order valence-corrected chi connectivity index (χ0v) is 12.5. The molecule has 6 nitrogen and oxygen atoms in total. The number of hydrazone groups is 1. The second-order valence-electron chi connectivity index (χ2n) is 5.28. The van der Waals surface area contributed by atoms with E-state index in [-0.39, 0.29) is 0 Å². The molecule has 2 N–H and O–H groups in total. The minimum absolute atomic E-state index is 0.354. The molecule has 2 aromatic heterocycles. The lowest BCUT2D eigenvalue weighted by atomic mass is 10.2. The number of hydrogen-bond donors (Lipinski definition) is 2. The van der Waals surface area contributed by atoms with E-state index in [1.807, 2.05) is 55.5 Å². The number of aromatic nitrogens is 4. The van der Waals surface area contributed by atoms with E-state index in [9.17, 15) is 0 Å². The second-order valence-corrected chi connectivity index (χ2v) is 5.28. The van der Waals surface area contributed by atoms with Gasteiger partial charge in [0.05, 0.1) is 6.21 Å². The number of H-pyrrole nitrogens is 1. The number of rotatable bonds is 3. The van der Waals surface area contributed by atoms with Gasteiger partial charge in [0.25, 0.3) is 5.95 Å². The second kappa shape index (κ2) is 5.49. The molecular formula is C17H14N6. The van der Waals surface area contributed by atoms with Gasteiger partial charge in [-0.2, -0.15) is 10.1 Å². The quantitative estimate of drug-likeness (QED) is 0.450. The molecule has 0 aliphatic carbocycles. The van der Waals surface area contributed by atoms with Crippen molar-refractivity contribution < 1.29 is 0 Å². The number of anilines is 1. The molecule has 0 aliphatic heterocycles. The number of benzene rings is 2. The van der Waals surface area contributed by atoms with Crippen molar-refractivity contribution in [1.29, 1.82) is 0 Å². The molecule has 112 valence electrons. The zero-order valence-electron chi connectivity index (χ0n) is 12.5. The summed E-state index contributed by atoms with van der Waals surface area (Å²) in [5.41, 5.74) is 7.46. The Balaban J connectivity index is 1.59. The van der Waals surface area contributed by atoms with Crippen LogP contribution in [0.1, 0.15) is 11.1 Å². The van der Waals surface area contributed by atoms with Crippen LogP contribution in [0.2, 0.25) is 0 Å². The molecule has 0 saturated carbocycles. The summed E-state index contributed by atoms with van der Waals surface area (Å²) in [6, 6.07) is 16.0. The lowest BCUT2D eigenvalue weighted by Crippen LogP contribution is -1.98. The van der Waals surface area contributed by atoms with Gasteiger partial charge >= 0.3 is 0 Å². The Morgan fingerprint density at radius 2 is 1.87 bits per heavy atom. The fourth-order valence-electron chi connectivity index (χ4n) is 2.39. The van der Waals surface area contributed by atoms with Crippen molar-refractivity contribution in [1.82, 2.24) is 20.2 Å². The van der Waals surface area contributed by atoms with Crippen LogP contribution in [0.3, 0.4) is 0 Å². The molecule has 0 spiro atoms. The van der Waals surface area contributed by atoms with Gasteiger partial charge in [-0.05, 0) is 18.6 Å². The molecule has 4 aromatic rings. The number of aryl methyl sites for hydroxylation is 1. The number of hydrogen-bond acceptors (Lipinski definition) is 5. The van der Waals surface area contributed by atoms with Crippen molar-refractivity contribution in [2.45, 2.75) is 6.92 Å². The van der Waals surface area contributed by atoms with Gasteiger partial charge in [0, 0.05) is 10.9 Å².